The molecule has 0 N–H and O–H groups in total. The van der Waals surface area contributed by atoms with Crippen LogP contribution in [-0.4, -0.2) is 30.0 Å². The van der Waals surface area contributed by atoms with Crippen molar-refractivity contribution in [2.45, 2.75) is 26.9 Å². The van der Waals surface area contributed by atoms with E-state index in [9.17, 15) is 0 Å². The van der Waals surface area contributed by atoms with Crippen LogP contribution in [0, 0.1) is 9.62 Å². The summed E-state index contributed by atoms with van der Waals surface area (Å²) in [4.78, 5) is 1.61. The molecule has 0 aliphatic rings. The van der Waals surface area contributed by atoms with Crippen molar-refractivity contribution in [2.24, 2.45) is 5.92 Å². The van der Waals surface area contributed by atoms with Crippen LogP contribution in [-0.2, 0) is 13.1 Å². The first-order valence-electron chi connectivity index (χ1n) is 7.17. The highest BCUT2D eigenvalue weighted by Crippen LogP contribution is 2.21. The molecule has 7 heteroatoms. The molecule has 0 aliphatic carbocycles. The van der Waals surface area contributed by atoms with E-state index in [0.29, 0.717) is 18.3 Å². The Bertz CT molecular complexity index is 746. The Labute approximate surface area is 142 Å². The molecule has 22 heavy (non-hydrogen) atoms. The maximum absolute atomic E-state index is 4.47. The van der Waals surface area contributed by atoms with Gasteiger partial charge in [0.15, 0.2) is 0 Å². The number of hydrogen-bond donors (Lipinski definition) is 0. The molecule has 0 aliphatic heterocycles. The predicted octanol–water partition coefficient (Wildman–Crippen LogP) is 2.85. The molecule has 0 spiro atoms. The molecule has 0 radical (unpaired) electrons. The van der Waals surface area contributed by atoms with E-state index in [4.69, 9.17) is 0 Å². The third-order valence-electron chi connectivity index (χ3n) is 3.17. The lowest BCUT2D eigenvalue weighted by Gasteiger charge is -2.05. The fourth-order valence-corrected chi connectivity index (χ4v) is 2.86. The number of halogens is 1. The topological polar surface area (TPSA) is 61.4 Å². The van der Waals surface area contributed by atoms with Gasteiger partial charge in [-0.05, 0) is 39.3 Å². The van der Waals surface area contributed by atoms with Gasteiger partial charge in [-0.1, -0.05) is 44.2 Å². The summed E-state index contributed by atoms with van der Waals surface area (Å²) >= 11 is 2.29. The maximum Gasteiger partial charge on any atom is 0.209 e. The van der Waals surface area contributed by atoms with Gasteiger partial charge in [-0.2, -0.15) is 9.90 Å². The summed E-state index contributed by atoms with van der Waals surface area (Å²) in [6.07, 6.45) is 1.81. The van der Waals surface area contributed by atoms with Gasteiger partial charge in [0.25, 0.3) is 0 Å². The molecule has 6 nitrogen and oxygen atoms in total. The number of rotatable bonds is 5. The Morgan fingerprint density at radius 1 is 1.18 bits per heavy atom. The summed E-state index contributed by atoms with van der Waals surface area (Å²) in [5.41, 5.74) is 2.08. The van der Waals surface area contributed by atoms with Crippen molar-refractivity contribution in [1.29, 1.82) is 0 Å². The summed E-state index contributed by atoms with van der Waals surface area (Å²) in [7, 11) is 0. The van der Waals surface area contributed by atoms with Gasteiger partial charge in [0.05, 0.1) is 18.3 Å². The minimum Gasteiger partial charge on any atom is -0.258 e. The first-order chi connectivity index (χ1) is 10.6. The quantitative estimate of drug-likeness (QED) is 0.610. The van der Waals surface area contributed by atoms with E-state index in [2.05, 4.69) is 56.9 Å². The minimum atomic E-state index is 0.544. The number of tetrazole rings is 1. The molecule has 0 saturated carbocycles. The molecule has 0 atom stereocenters. The highest BCUT2D eigenvalue weighted by Gasteiger charge is 2.15. The lowest BCUT2D eigenvalue weighted by atomic mass is 10.2. The SMILES string of the molecule is CC(C)Cn1ncc(-c2nnn(Cc3ccccc3)n2)c1I. The molecular weight excluding hydrogens is 391 g/mol. The molecule has 3 rings (SSSR count). The van der Waals surface area contributed by atoms with Crippen molar-refractivity contribution in [2.75, 3.05) is 0 Å². The van der Waals surface area contributed by atoms with E-state index in [1.807, 2.05) is 41.2 Å². The fraction of sp³-hybridized carbons (Fsp3) is 0.333. The second-order valence-electron chi connectivity index (χ2n) is 5.55. The van der Waals surface area contributed by atoms with Crippen LogP contribution in [0.25, 0.3) is 11.4 Å². The van der Waals surface area contributed by atoms with Crippen LogP contribution in [0.1, 0.15) is 19.4 Å². The summed E-state index contributed by atoms with van der Waals surface area (Å²) in [5, 5.41) is 17.2. The minimum absolute atomic E-state index is 0.544. The molecule has 114 valence electrons. The highest BCUT2D eigenvalue weighted by molar-refractivity contribution is 14.1. The fourth-order valence-electron chi connectivity index (χ4n) is 2.16. The number of aromatic nitrogens is 6. The van der Waals surface area contributed by atoms with Crippen molar-refractivity contribution < 1.29 is 0 Å². The molecule has 0 bridgehead atoms. The van der Waals surface area contributed by atoms with Crippen LogP contribution >= 0.6 is 22.6 Å². The van der Waals surface area contributed by atoms with Crippen molar-refractivity contribution in [3.8, 4) is 11.4 Å². The maximum atomic E-state index is 4.47. The standard InChI is InChI=1S/C15H17IN6/c1-11(2)9-21-14(16)13(8-17-21)15-18-20-22(19-15)10-12-6-4-3-5-7-12/h3-8,11H,9-10H2,1-2H3. The molecular formula is C15H17IN6. The highest BCUT2D eigenvalue weighted by atomic mass is 127. The first kappa shape index (κ1) is 15.1. The van der Waals surface area contributed by atoms with Gasteiger partial charge < -0.3 is 0 Å². The Balaban J connectivity index is 1.80. The van der Waals surface area contributed by atoms with Gasteiger partial charge in [-0.15, -0.1) is 10.2 Å². The van der Waals surface area contributed by atoms with E-state index in [1.165, 1.54) is 0 Å². The zero-order valence-corrected chi connectivity index (χ0v) is 14.7. The molecule has 2 aromatic heterocycles. The van der Waals surface area contributed by atoms with Crippen molar-refractivity contribution in [3.05, 3.63) is 45.8 Å². The molecule has 2 heterocycles. The Morgan fingerprint density at radius 3 is 2.68 bits per heavy atom. The lowest BCUT2D eigenvalue weighted by molar-refractivity contribution is 0.475. The van der Waals surface area contributed by atoms with Crippen LogP contribution < -0.4 is 0 Å². The molecule has 3 aromatic rings. The average Bonchev–Trinajstić information content (AvgIpc) is 3.08. The van der Waals surface area contributed by atoms with Crippen LogP contribution in [0.15, 0.2) is 36.5 Å². The van der Waals surface area contributed by atoms with Crippen molar-refractivity contribution in [3.63, 3.8) is 0 Å². The van der Waals surface area contributed by atoms with Crippen molar-refractivity contribution in [1.82, 2.24) is 30.0 Å². The zero-order valence-electron chi connectivity index (χ0n) is 12.5. The molecule has 0 amide bonds. The van der Waals surface area contributed by atoms with Gasteiger partial charge in [0.2, 0.25) is 5.82 Å². The normalized spacial score (nSPS) is 11.3. The summed E-state index contributed by atoms with van der Waals surface area (Å²) in [6.45, 7) is 5.85. The summed E-state index contributed by atoms with van der Waals surface area (Å²) in [6, 6.07) is 10.1. The first-order valence-corrected chi connectivity index (χ1v) is 8.25. The number of nitrogens with zero attached hydrogens (tertiary/aromatic N) is 6. The third-order valence-corrected chi connectivity index (χ3v) is 4.31. The van der Waals surface area contributed by atoms with Crippen LogP contribution in [0.4, 0.5) is 0 Å². The van der Waals surface area contributed by atoms with E-state index in [0.717, 1.165) is 21.4 Å². The molecule has 1 aromatic carbocycles. The Hall–Kier alpha value is -1.77. The second-order valence-corrected chi connectivity index (χ2v) is 6.58. The zero-order chi connectivity index (χ0) is 15.5. The lowest BCUT2D eigenvalue weighted by Crippen LogP contribution is -2.07. The van der Waals surface area contributed by atoms with Gasteiger partial charge in [0, 0.05) is 6.54 Å². The third kappa shape index (κ3) is 3.34. The number of benzene rings is 1. The van der Waals surface area contributed by atoms with Gasteiger partial charge in [-0.3, -0.25) is 4.68 Å². The predicted molar refractivity (Wildman–Crippen MR) is 92.1 cm³/mol. The van der Waals surface area contributed by atoms with Crippen LogP contribution in [0.2, 0.25) is 0 Å². The average molecular weight is 408 g/mol. The molecule has 0 unspecified atom stereocenters. The van der Waals surface area contributed by atoms with Gasteiger partial charge in [0.1, 0.15) is 3.70 Å². The largest absolute Gasteiger partial charge is 0.258 e. The van der Waals surface area contributed by atoms with E-state index < -0.39 is 0 Å². The Morgan fingerprint density at radius 2 is 1.95 bits per heavy atom. The monoisotopic (exact) mass is 408 g/mol. The number of hydrogen-bond acceptors (Lipinski definition) is 4. The van der Waals surface area contributed by atoms with E-state index >= 15 is 0 Å². The Kier molecular flexibility index (Phi) is 4.51. The molecule has 0 saturated heterocycles. The molecule has 0 fully saturated rings. The van der Waals surface area contributed by atoms with Crippen LogP contribution in [0.3, 0.4) is 0 Å². The summed E-state index contributed by atoms with van der Waals surface area (Å²) in [5.74, 6) is 1.17. The van der Waals surface area contributed by atoms with Gasteiger partial charge >= 0.3 is 0 Å². The second kappa shape index (κ2) is 6.55. The van der Waals surface area contributed by atoms with Gasteiger partial charge in [-0.25, -0.2) is 0 Å². The van der Waals surface area contributed by atoms with Crippen LogP contribution in [0.5, 0.6) is 0 Å². The van der Waals surface area contributed by atoms with E-state index in [1.54, 1.807) is 4.80 Å². The summed E-state index contributed by atoms with van der Waals surface area (Å²) < 4.78 is 3.03. The van der Waals surface area contributed by atoms with Crippen molar-refractivity contribution >= 4 is 22.6 Å². The van der Waals surface area contributed by atoms with E-state index in [-0.39, 0.29) is 0 Å². The smallest absolute Gasteiger partial charge is 0.209 e.